The molecule has 0 aliphatic rings. The van der Waals surface area contributed by atoms with Gasteiger partial charge in [0.2, 0.25) is 0 Å². The Bertz CT molecular complexity index is 726. The third kappa shape index (κ3) is 13.1. The van der Waals surface area contributed by atoms with Crippen LogP contribution in [0.15, 0.2) is 109 Å². The number of benzene rings is 2. The van der Waals surface area contributed by atoms with Crippen molar-refractivity contribution >= 4 is 23.2 Å². The van der Waals surface area contributed by atoms with Gasteiger partial charge in [-0.25, -0.2) is 24.3 Å². The Balaban J connectivity index is 0.000000369. The van der Waals surface area contributed by atoms with E-state index in [9.17, 15) is 0 Å². The molecule has 0 radical (unpaired) electrons. The second-order valence-corrected chi connectivity index (χ2v) is 5.98. The van der Waals surface area contributed by atoms with E-state index in [4.69, 9.17) is 33.4 Å². The minimum atomic E-state index is 0. The molecule has 4 aromatic carbocycles. The Morgan fingerprint density at radius 2 is 0.862 bits per heavy atom. The Kier molecular flexibility index (Phi) is 17.1. The Hall–Kier alpha value is -1.80. The first-order valence-electron chi connectivity index (χ1n) is 8.68. The summed E-state index contributed by atoms with van der Waals surface area (Å²) < 4.78 is 0. The molecule has 2 nitrogen and oxygen atoms in total. The minimum absolute atomic E-state index is 0. The van der Waals surface area contributed by atoms with E-state index in [-0.39, 0.29) is 37.7 Å². The summed E-state index contributed by atoms with van der Waals surface area (Å²) in [4.78, 5) is 0. The third-order valence-electron chi connectivity index (χ3n) is 3.38. The molecule has 2 N–H and O–H groups in total. The van der Waals surface area contributed by atoms with Gasteiger partial charge in [0.15, 0.2) is 0 Å². The molecule has 0 aliphatic heterocycles. The van der Waals surface area contributed by atoms with Crippen LogP contribution in [-0.2, 0) is 38.0 Å². The fourth-order valence-electron chi connectivity index (χ4n) is 1.89. The molecular formula is C24H24Cl2O2Zr. The molecule has 0 amide bonds. The predicted molar refractivity (Wildman–Crippen MR) is 119 cm³/mol. The number of alkyl halides is 2. The molecular weight excluding hydrogens is 482 g/mol. The summed E-state index contributed by atoms with van der Waals surface area (Å²) >= 11 is 10.9. The number of phenolic OH excluding ortho intramolecular Hbond substituents is 2. The van der Waals surface area contributed by atoms with E-state index < -0.39 is 0 Å². The largest absolute Gasteiger partial charge is 2.00 e. The predicted octanol–water partition coefficient (Wildman–Crippen LogP) is 7.07. The average Bonchev–Trinajstić information content (AvgIpc) is 3.48. The van der Waals surface area contributed by atoms with Gasteiger partial charge in [0, 0.05) is 11.1 Å². The number of halogens is 2. The van der Waals surface area contributed by atoms with Gasteiger partial charge in [-0.3, -0.25) is 0 Å². The van der Waals surface area contributed by atoms with Crippen molar-refractivity contribution in [1.82, 2.24) is 0 Å². The van der Waals surface area contributed by atoms with Crippen molar-refractivity contribution in [2.75, 3.05) is 0 Å². The fourth-order valence-corrected chi connectivity index (χ4v) is 2.34. The molecule has 0 fully saturated rings. The quantitative estimate of drug-likeness (QED) is 0.226. The summed E-state index contributed by atoms with van der Waals surface area (Å²) in [7, 11) is 0. The van der Waals surface area contributed by atoms with Crippen molar-refractivity contribution in [3.63, 3.8) is 0 Å². The molecule has 4 rings (SSSR count). The number of hydrogen-bond acceptors (Lipinski definition) is 2. The molecule has 0 heterocycles. The van der Waals surface area contributed by atoms with Gasteiger partial charge in [0.05, 0.1) is 11.8 Å². The third-order valence-corrected chi connectivity index (χ3v) is 3.96. The molecule has 4 aromatic rings. The number of aromatic hydroxyl groups is 2. The van der Waals surface area contributed by atoms with Crippen LogP contribution in [0.25, 0.3) is 0 Å². The van der Waals surface area contributed by atoms with Crippen molar-refractivity contribution in [2.24, 2.45) is 0 Å². The van der Waals surface area contributed by atoms with E-state index in [0.29, 0.717) is 11.8 Å². The van der Waals surface area contributed by atoms with Crippen LogP contribution in [0.3, 0.4) is 0 Å². The van der Waals surface area contributed by atoms with E-state index >= 15 is 0 Å². The van der Waals surface area contributed by atoms with E-state index in [0.717, 1.165) is 11.1 Å². The van der Waals surface area contributed by atoms with Crippen molar-refractivity contribution in [2.45, 2.75) is 11.8 Å². The van der Waals surface area contributed by atoms with Gasteiger partial charge < -0.3 is 10.2 Å². The van der Waals surface area contributed by atoms with Crippen LogP contribution in [-0.4, -0.2) is 10.2 Å². The van der Waals surface area contributed by atoms with Crippen molar-refractivity contribution < 1.29 is 36.4 Å². The SMILES string of the molecule is Oc1ccccc1CCl.Oc1ccccc1CCl.[Zr+2].c1cc[cH-]c1.c1cc[cH-]c1. The Morgan fingerprint density at radius 1 is 0.552 bits per heavy atom. The summed E-state index contributed by atoms with van der Waals surface area (Å²) in [5.41, 5.74) is 1.55. The molecule has 0 saturated heterocycles. The van der Waals surface area contributed by atoms with E-state index in [1.165, 1.54) is 0 Å². The van der Waals surface area contributed by atoms with Crippen molar-refractivity contribution in [3.05, 3.63) is 120 Å². The zero-order valence-electron chi connectivity index (χ0n) is 16.0. The molecule has 29 heavy (non-hydrogen) atoms. The van der Waals surface area contributed by atoms with Gasteiger partial charge in [0.1, 0.15) is 11.5 Å². The van der Waals surface area contributed by atoms with Gasteiger partial charge in [-0.1, -0.05) is 36.4 Å². The summed E-state index contributed by atoms with van der Waals surface area (Å²) in [6.45, 7) is 0. The minimum Gasteiger partial charge on any atom is -0.508 e. The first-order chi connectivity index (χ1) is 13.7. The van der Waals surface area contributed by atoms with Crippen LogP contribution in [0.4, 0.5) is 0 Å². The molecule has 0 bridgehead atoms. The second-order valence-electron chi connectivity index (χ2n) is 5.45. The topological polar surface area (TPSA) is 40.5 Å². The smallest absolute Gasteiger partial charge is 0.508 e. The maximum absolute atomic E-state index is 9.03. The van der Waals surface area contributed by atoms with E-state index in [2.05, 4.69) is 0 Å². The maximum Gasteiger partial charge on any atom is 2.00 e. The first-order valence-corrected chi connectivity index (χ1v) is 9.75. The molecule has 150 valence electrons. The standard InChI is InChI=1S/2C7H7ClO.2C5H5.Zr/c2*8-5-6-3-1-2-4-7(6)9;2*1-2-4-5-3-1;/h2*1-4,9H,5H2;2*1-5H;/q;;2*-1;+2. The van der Waals surface area contributed by atoms with Gasteiger partial charge >= 0.3 is 26.2 Å². The normalized spacial score (nSPS) is 8.62. The second kappa shape index (κ2) is 18.2. The summed E-state index contributed by atoms with van der Waals surface area (Å²) in [5, 5.41) is 18.1. The van der Waals surface area contributed by atoms with Crippen LogP contribution in [0, 0.1) is 0 Å². The maximum atomic E-state index is 9.03. The molecule has 5 heteroatoms. The molecule has 0 aromatic heterocycles. The molecule has 0 atom stereocenters. The number of hydrogen-bond donors (Lipinski definition) is 2. The monoisotopic (exact) mass is 504 g/mol. The molecule has 0 saturated carbocycles. The molecule has 0 aliphatic carbocycles. The van der Waals surface area contributed by atoms with Crippen LogP contribution >= 0.6 is 23.2 Å². The van der Waals surface area contributed by atoms with Crippen LogP contribution in [0.5, 0.6) is 11.5 Å². The number of para-hydroxylation sites is 2. The van der Waals surface area contributed by atoms with Crippen LogP contribution in [0.1, 0.15) is 11.1 Å². The molecule has 0 spiro atoms. The van der Waals surface area contributed by atoms with Gasteiger partial charge in [-0.05, 0) is 12.1 Å². The average molecular weight is 507 g/mol. The summed E-state index contributed by atoms with van der Waals surface area (Å²) in [5.74, 6) is 1.28. The van der Waals surface area contributed by atoms with Gasteiger partial charge in [0.25, 0.3) is 0 Å². The number of phenols is 2. The summed E-state index contributed by atoms with van der Waals surface area (Å²) in [6.07, 6.45) is 0. The number of rotatable bonds is 2. The molecule has 0 unspecified atom stereocenters. The van der Waals surface area contributed by atoms with Crippen LogP contribution < -0.4 is 0 Å². The van der Waals surface area contributed by atoms with Crippen LogP contribution in [0.2, 0.25) is 0 Å². The van der Waals surface area contributed by atoms with Gasteiger partial charge in [-0.15, -0.1) is 23.2 Å². The van der Waals surface area contributed by atoms with Gasteiger partial charge in [-0.2, -0.15) is 36.4 Å². The first kappa shape index (κ1) is 27.2. The fraction of sp³-hybridized carbons (Fsp3) is 0.0833. The Morgan fingerprint density at radius 3 is 1.03 bits per heavy atom. The zero-order chi connectivity index (χ0) is 20.5. The van der Waals surface area contributed by atoms with E-state index in [1.54, 1.807) is 36.4 Å². The van der Waals surface area contributed by atoms with E-state index in [1.807, 2.05) is 72.8 Å². The van der Waals surface area contributed by atoms with Crippen molar-refractivity contribution in [3.8, 4) is 11.5 Å². The Labute approximate surface area is 202 Å². The summed E-state index contributed by atoms with van der Waals surface area (Å²) in [6, 6.07) is 34.1. The zero-order valence-corrected chi connectivity index (χ0v) is 19.9. The van der Waals surface area contributed by atoms with Crippen molar-refractivity contribution in [1.29, 1.82) is 0 Å².